The summed E-state index contributed by atoms with van der Waals surface area (Å²) in [7, 11) is 11.8. The van der Waals surface area contributed by atoms with Crippen molar-refractivity contribution in [3.8, 4) is 0 Å². The number of rotatable bonds is 48. The maximum atomic E-state index is 6.59. The number of quaternary nitrogens is 2. The lowest BCUT2D eigenvalue weighted by Gasteiger charge is -2.33. The van der Waals surface area contributed by atoms with E-state index in [9.17, 15) is 0 Å². The van der Waals surface area contributed by atoms with Crippen LogP contribution < -0.4 is 34.0 Å². The molecule has 0 amide bonds. The molecule has 0 aromatic heterocycles. The Bertz CT molecular complexity index is 859. The van der Waals surface area contributed by atoms with E-state index in [-0.39, 0.29) is 40.1 Å². The summed E-state index contributed by atoms with van der Waals surface area (Å²) in [4.78, 5) is 0. The Morgan fingerprint density at radius 2 is 0.683 bits per heavy atom. The first kappa shape index (κ1) is 64.6. The quantitative estimate of drug-likeness (QED) is 0.0344. The number of ether oxygens (including phenoxy) is 2. The smallest absolute Gasteiger partial charge is 0.130 e. The predicted molar refractivity (Wildman–Crippen MR) is 261 cm³/mol. The average molecular weight is 979 g/mol. The summed E-state index contributed by atoms with van der Waals surface area (Å²) in [6.45, 7) is 10.7. The highest BCUT2D eigenvalue weighted by Crippen LogP contribution is 2.15. The molecule has 1 unspecified atom stereocenters. The number of allylic oxidation sites excluding steroid dienone is 4. The number of hydrogen-bond acceptors (Lipinski definition) is 2. The summed E-state index contributed by atoms with van der Waals surface area (Å²) in [6.07, 6.45) is 58.8. The van der Waals surface area contributed by atoms with Crippen LogP contribution in [0.1, 0.15) is 245 Å². The van der Waals surface area contributed by atoms with Gasteiger partial charge in [0.2, 0.25) is 0 Å². The fourth-order valence-electron chi connectivity index (χ4n) is 8.25. The molecule has 0 aliphatic rings. The van der Waals surface area contributed by atoms with Gasteiger partial charge in [-0.25, -0.2) is 0 Å². The molecule has 0 aliphatic heterocycles. The second-order valence-electron chi connectivity index (χ2n) is 20.1. The molecule has 0 aromatic rings. The topological polar surface area (TPSA) is 18.5 Å². The van der Waals surface area contributed by atoms with E-state index in [2.05, 4.69) is 73.4 Å². The number of nitrogens with zero attached hydrogens (tertiary/aromatic N) is 2. The third-order valence-corrected chi connectivity index (χ3v) is 12.2. The molecule has 0 rings (SSSR count). The van der Waals surface area contributed by atoms with E-state index < -0.39 is 0 Å². The van der Waals surface area contributed by atoms with Crippen molar-refractivity contribution in [1.82, 2.24) is 0 Å². The molecule has 0 aliphatic carbocycles. The van der Waals surface area contributed by atoms with Gasteiger partial charge in [0.05, 0.1) is 54.9 Å². The van der Waals surface area contributed by atoms with Crippen LogP contribution in [0.25, 0.3) is 0 Å². The van der Waals surface area contributed by atoms with E-state index in [0.717, 1.165) is 35.3 Å². The van der Waals surface area contributed by atoms with E-state index in [1.54, 1.807) is 0 Å². The predicted octanol–water partition coefficient (Wildman–Crippen LogP) is 10.4. The van der Waals surface area contributed by atoms with Crippen molar-refractivity contribution in [2.24, 2.45) is 0 Å². The second-order valence-corrected chi connectivity index (χ2v) is 20.1. The van der Waals surface area contributed by atoms with Gasteiger partial charge >= 0.3 is 0 Å². The molecule has 0 aromatic carbocycles. The first-order valence-corrected chi connectivity index (χ1v) is 26.3. The number of unbranched alkanes of at least 4 members (excludes halogenated alkanes) is 31. The fourth-order valence-corrected chi connectivity index (χ4v) is 8.25. The van der Waals surface area contributed by atoms with Crippen LogP contribution in [0.5, 0.6) is 0 Å². The molecule has 4 nitrogen and oxygen atoms in total. The Morgan fingerprint density at radius 3 is 1.07 bits per heavy atom. The number of likely N-dealkylation sites (N-methyl/N-ethyl adjacent to an activating group) is 1. The molecular weight excluding hydrogens is 868 g/mol. The van der Waals surface area contributed by atoms with Gasteiger partial charge in [0.25, 0.3) is 0 Å². The van der Waals surface area contributed by atoms with Crippen molar-refractivity contribution in [3.63, 3.8) is 0 Å². The van der Waals surface area contributed by atoms with E-state index in [1.165, 1.54) is 244 Å². The monoisotopic (exact) mass is 977 g/mol. The molecule has 0 bridgehead atoms. The molecule has 0 saturated carbocycles. The van der Waals surface area contributed by atoms with Crippen LogP contribution in [0.3, 0.4) is 0 Å². The first-order chi connectivity index (χ1) is 28.2. The van der Waals surface area contributed by atoms with Gasteiger partial charge in [0.1, 0.15) is 12.6 Å². The van der Waals surface area contributed by atoms with Crippen molar-refractivity contribution in [1.29, 1.82) is 0 Å². The maximum Gasteiger partial charge on any atom is 0.130 e. The van der Waals surface area contributed by atoms with Gasteiger partial charge in [-0.3, -0.25) is 0 Å². The standard InChI is InChI=1S/C54H110N2O2.2BrH/c1-8-10-12-14-16-18-20-22-24-26-28-30-34-38-42-46-50-57-53-54(52-56(6,7)49-45-41-37-33-32-36-40-44-48-55(3,4)5)58-51-47-43-39-35-31-29-27-25-23-21-19-17-15-13-11-9-2;;/h22-25,54H,8-21,26-53H2,1-7H3;2*1H/q+2;;/p-2/b24-22-,25-23-;;. The summed E-state index contributed by atoms with van der Waals surface area (Å²) >= 11 is 0. The fraction of sp³-hybridized carbons (Fsp3) is 0.926. The van der Waals surface area contributed by atoms with E-state index >= 15 is 0 Å². The zero-order valence-corrected chi connectivity index (χ0v) is 45.2. The highest BCUT2D eigenvalue weighted by molar-refractivity contribution is 4.82. The lowest BCUT2D eigenvalue weighted by molar-refractivity contribution is -0.893. The SMILES string of the molecule is CCCCCCCC/C=C\CCCCCCCCOCC(C[N+](C)(C)CCCCCCCCCC[N+](C)(C)C)OCCCCCCCC/C=C\CCCCCCCC.[Br-].[Br-]. The minimum atomic E-state index is 0. The van der Waals surface area contributed by atoms with Crippen molar-refractivity contribution in [2.45, 2.75) is 251 Å². The van der Waals surface area contributed by atoms with E-state index in [0.29, 0.717) is 0 Å². The Kier molecular flexibility index (Phi) is 54.1. The zero-order chi connectivity index (χ0) is 42.5. The van der Waals surface area contributed by atoms with Crippen LogP contribution in [0.15, 0.2) is 24.3 Å². The molecule has 0 spiro atoms. The largest absolute Gasteiger partial charge is 1.00 e. The zero-order valence-electron chi connectivity index (χ0n) is 42.1. The summed E-state index contributed by atoms with van der Waals surface area (Å²) in [5.41, 5.74) is 0. The molecule has 6 heteroatoms. The molecule has 0 saturated heterocycles. The molecule has 0 fully saturated rings. The molecule has 0 heterocycles. The van der Waals surface area contributed by atoms with Crippen LogP contribution in [-0.4, -0.2) is 89.8 Å². The van der Waals surface area contributed by atoms with Crippen molar-refractivity contribution >= 4 is 0 Å². The van der Waals surface area contributed by atoms with Gasteiger partial charge in [-0.1, -0.05) is 179 Å². The lowest BCUT2D eigenvalue weighted by Crippen LogP contribution is -3.00. The van der Waals surface area contributed by atoms with Gasteiger partial charge in [0.15, 0.2) is 0 Å². The van der Waals surface area contributed by atoms with E-state index in [4.69, 9.17) is 9.47 Å². The molecule has 362 valence electrons. The van der Waals surface area contributed by atoms with Crippen molar-refractivity contribution in [3.05, 3.63) is 24.3 Å². The van der Waals surface area contributed by atoms with Gasteiger partial charge in [-0.2, -0.15) is 0 Å². The third-order valence-electron chi connectivity index (χ3n) is 12.2. The first-order valence-electron chi connectivity index (χ1n) is 26.3. The summed E-state index contributed by atoms with van der Waals surface area (Å²) in [5.74, 6) is 0. The molecule has 0 N–H and O–H groups in total. The minimum absolute atomic E-state index is 0. The van der Waals surface area contributed by atoms with Crippen molar-refractivity contribution in [2.75, 3.05) is 74.7 Å². The van der Waals surface area contributed by atoms with Gasteiger partial charge in [-0.05, 0) is 89.9 Å². The molecular formula is C54H110Br2N2O2. The Labute approximate surface area is 400 Å². The molecule has 60 heavy (non-hydrogen) atoms. The normalized spacial score (nSPS) is 12.7. The summed E-state index contributed by atoms with van der Waals surface area (Å²) in [6, 6.07) is 0. The average Bonchev–Trinajstić information content (AvgIpc) is 3.18. The molecule has 0 radical (unpaired) electrons. The summed E-state index contributed by atoms with van der Waals surface area (Å²) in [5, 5.41) is 0. The Hall–Kier alpha value is 0.280. The highest BCUT2D eigenvalue weighted by Gasteiger charge is 2.23. The van der Waals surface area contributed by atoms with Crippen LogP contribution in [0.2, 0.25) is 0 Å². The number of hydrogen-bond donors (Lipinski definition) is 0. The second kappa shape index (κ2) is 50.3. The number of halogens is 2. The van der Waals surface area contributed by atoms with Crippen LogP contribution >= 0.6 is 0 Å². The van der Waals surface area contributed by atoms with Crippen LogP contribution in [0, 0.1) is 0 Å². The van der Waals surface area contributed by atoms with Crippen molar-refractivity contribution < 1.29 is 52.4 Å². The highest BCUT2D eigenvalue weighted by atomic mass is 79.9. The Morgan fingerprint density at radius 1 is 0.367 bits per heavy atom. The van der Waals surface area contributed by atoms with Gasteiger partial charge < -0.3 is 52.4 Å². The third kappa shape index (κ3) is 54.4. The van der Waals surface area contributed by atoms with Gasteiger partial charge in [0, 0.05) is 13.2 Å². The maximum absolute atomic E-state index is 6.59. The lowest BCUT2D eigenvalue weighted by atomic mass is 10.1. The van der Waals surface area contributed by atoms with Crippen LogP contribution in [-0.2, 0) is 9.47 Å². The molecule has 1 atom stereocenters. The van der Waals surface area contributed by atoms with E-state index in [1.807, 2.05) is 0 Å². The minimum Gasteiger partial charge on any atom is -1.00 e. The van der Waals surface area contributed by atoms with Gasteiger partial charge in [-0.15, -0.1) is 0 Å². The Balaban J connectivity index is -0.0000162. The summed E-state index contributed by atoms with van der Waals surface area (Å²) < 4.78 is 15.0. The van der Waals surface area contributed by atoms with Crippen LogP contribution in [0.4, 0.5) is 0 Å².